The van der Waals surface area contributed by atoms with Crippen LogP contribution in [0.3, 0.4) is 0 Å². The van der Waals surface area contributed by atoms with Gasteiger partial charge in [0.05, 0.1) is 19.3 Å². The first-order valence-electron chi connectivity index (χ1n) is 11.3. The first-order chi connectivity index (χ1) is 15.2. The lowest BCUT2D eigenvalue weighted by Crippen LogP contribution is -2.46. The van der Waals surface area contributed by atoms with E-state index in [1.807, 2.05) is 17.5 Å². The van der Waals surface area contributed by atoms with E-state index < -0.39 is 0 Å². The number of amides is 1. The van der Waals surface area contributed by atoms with Gasteiger partial charge in [-0.15, -0.1) is 11.3 Å². The highest BCUT2D eigenvalue weighted by molar-refractivity contribution is 7.09. The summed E-state index contributed by atoms with van der Waals surface area (Å²) in [4.78, 5) is 24.2. The highest BCUT2D eigenvalue weighted by atomic mass is 32.1. The van der Waals surface area contributed by atoms with Crippen molar-refractivity contribution in [2.45, 2.75) is 25.8 Å². The number of carbonyl (C=O) groups is 1. The van der Waals surface area contributed by atoms with Gasteiger partial charge in [-0.3, -0.25) is 9.69 Å². The molecule has 3 heterocycles. The molecule has 0 bridgehead atoms. The molecule has 1 aromatic heterocycles. The Labute approximate surface area is 189 Å². The average Bonchev–Trinajstić information content (AvgIpc) is 3.29. The quantitative estimate of drug-likeness (QED) is 0.677. The molecule has 0 atom stereocenters. The number of methoxy groups -OCH3 is 1. The highest BCUT2D eigenvalue weighted by Gasteiger charge is 2.21. The van der Waals surface area contributed by atoms with E-state index in [9.17, 15) is 4.79 Å². The van der Waals surface area contributed by atoms with E-state index >= 15 is 0 Å². The third kappa shape index (κ3) is 5.96. The number of aromatic nitrogens is 1. The fraction of sp³-hybridized carbons (Fsp3) is 0.565. The van der Waals surface area contributed by atoms with Crippen LogP contribution in [0, 0.1) is 0 Å². The van der Waals surface area contributed by atoms with Crippen LogP contribution in [0.2, 0.25) is 0 Å². The van der Waals surface area contributed by atoms with Crippen molar-refractivity contribution in [3.63, 3.8) is 0 Å². The lowest BCUT2D eigenvalue weighted by Gasteiger charge is -2.36. The molecule has 0 radical (unpaired) electrons. The Morgan fingerprint density at radius 1 is 1.06 bits per heavy atom. The number of rotatable bonds is 8. The fourth-order valence-corrected chi connectivity index (χ4v) is 5.13. The van der Waals surface area contributed by atoms with E-state index in [1.165, 1.54) is 19.3 Å². The summed E-state index contributed by atoms with van der Waals surface area (Å²) < 4.78 is 5.50. The molecule has 2 saturated heterocycles. The number of piperazine rings is 1. The number of hydrogen-bond acceptors (Lipinski definition) is 7. The standard InChI is InChI=1S/C23H33N5O2S/c1-30-21-8-4-3-7-20(21)28-15-13-27(14-16-28)17-22-25-19(18-31-22)23(29)24-9-12-26-10-5-2-6-11-26/h3-4,7-8,18H,2,5-6,9-17H2,1H3,(H,24,29). The molecule has 2 aromatic rings. The van der Waals surface area contributed by atoms with Crippen molar-refractivity contribution in [2.24, 2.45) is 0 Å². The molecule has 1 amide bonds. The van der Waals surface area contributed by atoms with Crippen LogP contribution in [0.15, 0.2) is 29.6 Å². The average molecular weight is 444 g/mol. The van der Waals surface area contributed by atoms with Gasteiger partial charge in [-0.05, 0) is 38.1 Å². The third-order valence-corrected chi connectivity index (χ3v) is 6.94. The van der Waals surface area contributed by atoms with Crippen LogP contribution >= 0.6 is 11.3 Å². The summed E-state index contributed by atoms with van der Waals surface area (Å²) >= 11 is 1.58. The van der Waals surface area contributed by atoms with Gasteiger partial charge >= 0.3 is 0 Å². The van der Waals surface area contributed by atoms with Crippen LogP contribution in [0.1, 0.15) is 34.8 Å². The third-order valence-electron chi connectivity index (χ3n) is 6.10. The molecule has 0 unspecified atom stereocenters. The molecule has 168 valence electrons. The summed E-state index contributed by atoms with van der Waals surface area (Å²) in [7, 11) is 1.72. The number of benzene rings is 1. The van der Waals surface area contributed by atoms with Gasteiger partial charge in [-0.2, -0.15) is 0 Å². The van der Waals surface area contributed by atoms with Gasteiger partial charge in [-0.25, -0.2) is 4.98 Å². The fourth-order valence-electron chi connectivity index (χ4n) is 4.32. The number of hydrogen-bond donors (Lipinski definition) is 1. The van der Waals surface area contributed by atoms with Gasteiger partial charge in [0.15, 0.2) is 0 Å². The molecule has 1 aromatic carbocycles. The number of carbonyl (C=O) groups excluding carboxylic acids is 1. The summed E-state index contributed by atoms with van der Waals surface area (Å²) in [6.45, 7) is 8.57. The van der Waals surface area contributed by atoms with Gasteiger partial charge in [0.1, 0.15) is 16.5 Å². The minimum absolute atomic E-state index is 0.0551. The lowest BCUT2D eigenvalue weighted by atomic mass is 10.1. The summed E-state index contributed by atoms with van der Waals surface area (Å²) in [6.07, 6.45) is 3.88. The first-order valence-corrected chi connectivity index (χ1v) is 12.2. The zero-order valence-electron chi connectivity index (χ0n) is 18.4. The summed E-state index contributed by atoms with van der Waals surface area (Å²) in [5, 5.41) is 5.92. The van der Waals surface area contributed by atoms with E-state index in [0.717, 1.165) is 68.8 Å². The maximum atomic E-state index is 12.4. The normalized spacial score (nSPS) is 18.2. The number of anilines is 1. The van der Waals surface area contributed by atoms with Crippen molar-refractivity contribution < 1.29 is 9.53 Å². The Hall–Kier alpha value is -2.16. The van der Waals surface area contributed by atoms with Crippen LogP contribution in [-0.2, 0) is 6.54 Å². The van der Waals surface area contributed by atoms with E-state index in [4.69, 9.17) is 4.74 Å². The van der Waals surface area contributed by atoms with Crippen molar-refractivity contribution in [1.82, 2.24) is 20.1 Å². The van der Waals surface area contributed by atoms with E-state index in [2.05, 4.69) is 37.1 Å². The summed E-state index contributed by atoms with van der Waals surface area (Å²) in [6, 6.07) is 8.18. The zero-order chi connectivity index (χ0) is 21.5. The number of thiazole rings is 1. The van der Waals surface area contributed by atoms with Crippen molar-refractivity contribution in [1.29, 1.82) is 0 Å². The van der Waals surface area contributed by atoms with Crippen LogP contribution in [0.25, 0.3) is 0 Å². The van der Waals surface area contributed by atoms with Crippen molar-refractivity contribution in [3.8, 4) is 5.75 Å². The second-order valence-electron chi connectivity index (χ2n) is 8.22. The van der Waals surface area contributed by atoms with E-state index in [1.54, 1.807) is 18.4 Å². The van der Waals surface area contributed by atoms with Gasteiger partial charge in [0.2, 0.25) is 0 Å². The molecule has 8 heteroatoms. The Balaban J connectivity index is 1.21. The minimum Gasteiger partial charge on any atom is -0.495 e. The Morgan fingerprint density at radius 2 is 1.84 bits per heavy atom. The molecule has 0 aliphatic carbocycles. The molecule has 0 spiro atoms. The number of para-hydroxylation sites is 2. The maximum Gasteiger partial charge on any atom is 0.270 e. The largest absolute Gasteiger partial charge is 0.495 e. The maximum absolute atomic E-state index is 12.4. The highest BCUT2D eigenvalue weighted by Crippen LogP contribution is 2.28. The molecule has 2 aliphatic heterocycles. The van der Waals surface area contributed by atoms with Crippen molar-refractivity contribution in [3.05, 3.63) is 40.3 Å². The summed E-state index contributed by atoms with van der Waals surface area (Å²) in [5.74, 6) is 0.868. The zero-order valence-corrected chi connectivity index (χ0v) is 19.2. The Morgan fingerprint density at radius 3 is 2.61 bits per heavy atom. The van der Waals surface area contributed by atoms with E-state index in [0.29, 0.717) is 12.2 Å². The predicted octanol–water partition coefficient (Wildman–Crippen LogP) is 2.69. The number of likely N-dealkylation sites (tertiary alicyclic amines) is 1. The number of ether oxygens (including phenoxy) is 1. The van der Waals surface area contributed by atoms with Crippen LogP contribution in [-0.4, -0.2) is 80.2 Å². The smallest absolute Gasteiger partial charge is 0.270 e. The number of nitrogens with one attached hydrogen (secondary N) is 1. The Kier molecular flexibility index (Phi) is 7.77. The first kappa shape index (κ1) is 22.0. The SMILES string of the molecule is COc1ccccc1N1CCN(Cc2nc(C(=O)NCCN3CCCCC3)cs2)CC1. The summed E-state index contributed by atoms with van der Waals surface area (Å²) in [5.41, 5.74) is 1.70. The van der Waals surface area contributed by atoms with Crippen molar-refractivity contribution in [2.75, 3.05) is 64.4 Å². The van der Waals surface area contributed by atoms with Gasteiger partial charge in [0.25, 0.3) is 5.91 Å². The molecule has 1 N–H and O–H groups in total. The molecule has 31 heavy (non-hydrogen) atoms. The molecule has 2 aliphatic rings. The molecule has 7 nitrogen and oxygen atoms in total. The monoisotopic (exact) mass is 443 g/mol. The molecule has 0 saturated carbocycles. The van der Waals surface area contributed by atoms with E-state index in [-0.39, 0.29) is 5.91 Å². The van der Waals surface area contributed by atoms with Gasteiger partial charge < -0.3 is 19.9 Å². The number of nitrogens with zero attached hydrogens (tertiary/aromatic N) is 4. The van der Waals surface area contributed by atoms with Crippen LogP contribution < -0.4 is 15.0 Å². The Bertz CT molecular complexity index is 844. The molecule has 4 rings (SSSR count). The van der Waals surface area contributed by atoms with Gasteiger partial charge in [0, 0.05) is 44.6 Å². The predicted molar refractivity (Wildman–Crippen MR) is 125 cm³/mol. The topological polar surface area (TPSA) is 60.9 Å². The number of piperidine rings is 1. The van der Waals surface area contributed by atoms with Gasteiger partial charge in [-0.1, -0.05) is 18.6 Å². The van der Waals surface area contributed by atoms with Crippen LogP contribution in [0.4, 0.5) is 5.69 Å². The molecular weight excluding hydrogens is 410 g/mol. The second kappa shape index (κ2) is 10.9. The van der Waals surface area contributed by atoms with Crippen LogP contribution in [0.5, 0.6) is 5.75 Å². The molecular formula is C23H33N5O2S. The minimum atomic E-state index is -0.0551. The molecule has 2 fully saturated rings. The van der Waals surface area contributed by atoms with Crippen molar-refractivity contribution >= 4 is 22.9 Å². The second-order valence-corrected chi connectivity index (χ2v) is 9.16. The lowest BCUT2D eigenvalue weighted by molar-refractivity contribution is 0.0942.